The van der Waals surface area contributed by atoms with E-state index in [0.717, 1.165) is 31.9 Å². The fourth-order valence-corrected chi connectivity index (χ4v) is 1.96. The average Bonchev–Trinajstić information content (AvgIpc) is 2.14. The van der Waals surface area contributed by atoms with E-state index in [1.54, 1.807) is 0 Å². The van der Waals surface area contributed by atoms with Crippen molar-refractivity contribution in [1.82, 2.24) is 15.2 Å². The number of aromatic nitrogens is 1. The average molecular weight is 226 g/mol. The molecule has 1 fully saturated rings. The van der Waals surface area contributed by atoms with Crippen LogP contribution in [0.4, 0.5) is 0 Å². The standard InChI is InChI=1S/C11H16ClN3/c1-2-15(10-6-13-7-10)8-9-4-3-5-11(12)14-9/h3-5,10,13H,2,6-8H2,1H3. The van der Waals surface area contributed by atoms with E-state index in [1.165, 1.54) is 0 Å². The minimum atomic E-state index is 0.579. The van der Waals surface area contributed by atoms with Crippen molar-refractivity contribution in [1.29, 1.82) is 0 Å². The Labute approximate surface area is 95.4 Å². The van der Waals surface area contributed by atoms with Gasteiger partial charge < -0.3 is 5.32 Å². The van der Waals surface area contributed by atoms with Crippen molar-refractivity contribution in [3.05, 3.63) is 29.0 Å². The van der Waals surface area contributed by atoms with Gasteiger partial charge >= 0.3 is 0 Å². The summed E-state index contributed by atoms with van der Waals surface area (Å²) in [5, 5.41) is 3.86. The van der Waals surface area contributed by atoms with E-state index in [2.05, 4.69) is 22.1 Å². The van der Waals surface area contributed by atoms with Crippen LogP contribution >= 0.6 is 11.6 Å². The smallest absolute Gasteiger partial charge is 0.129 e. The Morgan fingerprint density at radius 3 is 2.87 bits per heavy atom. The van der Waals surface area contributed by atoms with E-state index in [1.807, 2.05) is 18.2 Å². The molecule has 1 aromatic rings. The largest absolute Gasteiger partial charge is 0.314 e. The first kappa shape index (κ1) is 10.9. The zero-order valence-electron chi connectivity index (χ0n) is 8.91. The fraction of sp³-hybridized carbons (Fsp3) is 0.545. The Hall–Kier alpha value is -0.640. The Bertz CT molecular complexity index is 325. The van der Waals surface area contributed by atoms with E-state index in [-0.39, 0.29) is 0 Å². The summed E-state index contributed by atoms with van der Waals surface area (Å²) in [6, 6.07) is 6.46. The van der Waals surface area contributed by atoms with Crippen LogP contribution in [-0.4, -0.2) is 35.6 Å². The number of likely N-dealkylation sites (N-methyl/N-ethyl adjacent to an activating group) is 1. The fourth-order valence-electron chi connectivity index (χ4n) is 1.78. The highest BCUT2D eigenvalue weighted by atomic mass is 35.5. The molecule has 1 aliphatic heterocycles. The van der Waals surface area contributed by atoms with E-state index in [4.69, 9.17) is 11.6 Å². The van der Waals surface area contributed by atoms with Gasteiger partial charge in [0.2, 0.25) is 0 Å². The summed E-state index contributed by atoms with van der Waals surface area (Å²) in [4.78, 5) is 6.73. The van der Waals surface area contributed by atoms with Crippen LogP contribution in [0.3, 0.4) is 0 Å². The lowest BCUT2D eigenvalue weighted by Gasteiger charge is -2.37. The Kier molecular flexibility index (Phi) is 3.57. The van der Waals surface area contributed by atoms with Crippen LogP contribution in [0.2, 0.25) is 5.15 Å². The lowest BCUT2D eigenvalue weighted by atomic mass is 10.1. The number of halogens is 1. The summed E-state index contributed by atoms with van der Waals surface area (Å²) in [5.74, 6) is 0. The first-order valence-electron chi connectivity index (χ1n) is 5.36. The van der Waals surface area contributed by atoms with Gasteiger partial charge in [-0.05, 0) is 18.7 Å². The predicted molar refractivity (Wildman–Crippen MR) is 62.0 cm³/mol. The molecule has 82 valence electrons. The second-order valence-corrected chi connectivity index (χ2v) is 4.21. The molecule has 2 heterocycles. The van der Waals surface area contributed by atoms with Gasteiger partial charge in [0.15, 0.2) is 0 Å². The number of nitrogens with zero attached hydrogens (tertiary/aromatic N) is 2. The Morgan fingerprint density at radius 2 is 2.33 bits per heavy atom. The van der Waals surface area contributed by atoms with Crippen LogP contribution in [-0.2, 0) is 6.54 Å². The molecule has 0 spiro atoms. The zero-order chi connectivity index (χ0) is 10.7. The van der Waals surface area contributed by atoms with Gasteiger partial charge in [-0.25, -0.2) is 4.98 Å². The normalized spacial score (nSPS) is 16.7. The van der Waals surface area contributed by atoms with Gasteiger partial charge in [0.1, 0.15) is 5.15 Å². The van der Waals surface area contributed by atoms with Crippen LogP contribution in [0, 0.1) is 0 Å². The summed E-state index contributed by atoms with van der Waals surface area (Å²) < 4.78 is 0. The third kappa shape index (κ3) is 2.68. The van der Waals surface area contributed by atoms with Crippen molar-refractivity contribution in [3.8, 4) is 0 Å². The van der Waals surface area contributed by atoms with E-state index < -0.39 is 0 Å². The maximum Gasteiger partial charge on any atom is 0.129 e. The van der Waals surface area contributed by atoms with Crippen LogP contribution in [0.5, 0.6) is 0 Å². The summed E-state index contributed by atoms with van der Waals surface area (Å²) >= 11 is 5.86. The van der Waals surface area contributed by atoms with Crippen molar-refractivity contribution in [2.75, 3.05) is 19.6 Å². The van der Waals surface area contributed by atoms with Crippen LogP contribution in [0.25, 0.3) is 0 Å². The predicted octanol–water partition coefficient (Wildman–Crippen LogP) is 1.53. The maximum absolute atomic E-state index is 5.86. The van der Waals surface area contributed by atoms with Crippen molar-refractivity contribution in [3.63, 3.8) is 0 Å². The Balaban J connectivity index is 1.99. The summed E-state index contributed by atoms with van der Waals surface area (Å²) in [6.45, 7) is 6.32. The molecule has 1 aliphatic rings. The minimum absolute atomic E-state index is 0.579. The van der Waals surface area contributed by atoms with Gasteiger partial charge in [0.05, 0.1) is 5.69 Å². The lowest BCUT2D eigenvalue weighted by molar-refractivity contribution is 0.143. The van der Waals surface area contributed by atoms with E-state index >= 15 is 0 Å². The third-order valence-corrected chi connectivity index (χ3v) is 3.03. The third-order valence-electron chi connectivity index (χ3n) is 2.82. The van der Waals surface area contributed by atoms with Gasteiger partial charge in [-0.2, -0.15) is 0 Å². The second kappa shape index (κ2) is 4.92. The molecule has 0 saturated carbocycles. The topological polar surface area (TPSA) is 28.2 Å². The van der Waals surface area contributed by atoms with Crippen LogP contribution in [0.1, 0.15) is 12.6 Å². The van der Waals surface area contributed by atoms with Gasteiger partial charge in [-0.3, -0.25) is 4.90 Å². The summed E-state index contributed by atoms with van der Waals surface area (Å²) in [5.41, 5.74) is 1.05. The minimum Gasteiger partial charge on any atom is -0.314 e. The van der Waals surface area contributed by atoms with Gasteiger partial charge in [-0.1, -0.05) is 24.6 Å². The molecule has 2 rings (SSSR count). The highest BCUT2D eigenvalue weighted by Gasteiger charge is 2.23. The van der Waals surface area contributed by atoms with Gasteiger partial charge in [0, 0.05) is 25.7 Å². The molecule has 0 atom stereocenters. The molecule has 4 heteroatoms. The molecule has 0 aromatic carbocycles. The monoisotopic (exact) mass is 225 g/mol. The molecular formula is C11H16ClN3. The highest BCUT2D eigenvalue weighted by molar-refractivity contribution is 6.29. The van der Waals surface area contributed by atoms with Crippen molar-refractivity contribution in [2.24, 2.45) is 0 Å². The first-order valence-corrected chi connectivity index (χ1v) is 5.73. The van der Waals surface area contributed by atoms with Crippen LogP contribution in [0.15, 0.2) is 18.2 Å². The number of hydrogen-bond acceptors (Lipinski definition) is 3. The highest BCUT2D eigenvalue weighted by Crippen LogP contribution is 2.11. The van der Waals surface area contributed by atoms with E-state index in [9.17, 15) is 0 Å². The molecule has 3 nitrogen and oxygen atoms in total. The van der Waals surface area contributed by atoms with Crippen molar-refractivity contribution in [2.45, 2.75) is 19.5 Å². The molecule has 0 bridgehead atoms. The molecular weight excluding hydrogens is 210 g/mol. The number of rotatable bonds is 4. The molecule has 15 heavy (non-hydrogen) atoms. The summed E-state index contributed by atoms with van der Waals surface area (Å²) in [7, 11) is 0. The molecule has 0 aliphatic carbocycles. The second-order valence-electron chi connectivity index (χ2n) is 3.83. The zero-order valence-corrected chi connectivity index (χ0v) is 9.67. The van der Waals surface area contributed by atoms with Crippen molar-refractivity contribution < 1.29 is 0 Å². The molecule has 0 unspecified atom stereocenters. The van der Waals surface area contributed by atoms with Gasteiger partial charge in [-0.15, -0.1) is 0 Å². The first-order chi connectivity index (χ1) is 7.29. The number of nitrogens with one attached hydrogen (secondary N) is 1. The SMILES string of the molecule is CCN(Cc1cccc(Cl)n1)C1CNC1. The number of pyridine rings is 1. The molecule has 1 N–H and O–H groups in total. The Morgan fingerprint density at radius 1 is 1.53 bits per heavy atom. The molecule has 0 amide bonds. The number of hydrogen-bond donors (Lipinski definition) is 1. The molecule has 0 radical (unpaired) electrons. The lowest BCUT2D eigenvalue weighted by Crippen LogP contribution is -2.56. The van der Waals surface area contributed by atoms with Gasteiger partial charge in [0.25, 0.3) is 0 Å². The quantitative estimate of drug-likeness (QED) is 0.788. The van der Waals surface area contributed by atoms with E-state index in [0.29, 0.717) is 11.2 Å². The molecule has 1 saturated heterocycles. The van der Waals surface area contributed by atoms with Crippen LogP contribution < -0.4 is 5.32 Å². The molecule has 1 aromatic heterocycles. The van der Waals surface area contributed by atoms with Crippen molar-refractivity contribution >= 4 is 11.6 Å². The maximum atomic E-state index is 5.86. The summed E-state index contributed by atoms with van der Waals surface area (Å²) in [6.07, 6.45) is 0.